The van der Waals surface area contributed by atoms with Crippen LogP contribution < -0.4 is 0 Å². The van der Waals surface area contributed by atoms with Gasteiger partial charge in [0.1, 0.15) is 5.76 Å². The number of fused-ring (bicyclic) bond motifs is 1. The van der Waals surface area contributed by atoms with E-state index >= 15 is 0 Å². The summed E-state index contributed by atoms with van der Waals surface area (Å²) in [6.07, 6.45) is 2.43. The van der Waals surface area contributed by atoms with Gasteiger partial charge in [0.15, 0.2) is 5.76 Å². The number of furan rings is 1. The number of amides is 1. The van der Waals surface area contributed by atoms with Gasteiger partial charge in [-0.2, -0.15) is 5.10 Å². The molecule has 0 N–H and O–H groups in total. The lowest BCUT2D eigenvalue weighted by atomic mass is 10.1. The molecule has 2 aliphatic heterocycles. The SMILES string of the molecule is Cc1nn(Cc2ccc(C(=O)N3CCN4CCC[C@@H]4C3)o2)c(C)c1Cl. The van der Waals surface area contributed by atoms with E-state index in [1.54, 1.807) is 6.07 Å². The van der Waals surface area contributed by atoms with Crippen molar-refractivity contribution in [2.75, 3.05) is 26.2 Å². The number of rotatable bonds is 3. The van der Waals surface area contributed by atoms with E-state index in [4.69, 9.17) is 16.0 Å². The molecule has 0 radical (unpaired) electrons. The lowest BCUT2D eigenvalue weighted by Crippen LogP contribution is -2.51. The van der Waals surface area contributed by atoms with Crippen molar-refractivity contribution in [1.29, 1.82) is 0 Å². The van der Waals surface area contributed by atoms with Crippen LogP contribution in [0.3, 0.4) is 0 Å². The van der Waals surface area contributed by atoms with Gasteiger partial charge in [0.25, 0.3) is 5.91 Å². The molecule has 4 rings (SSSR count). The van der Waals surface area contributed by atoms with Crippen molar-refractivity contribution in [3.05, 3.63) is 40.1 Å². The normalized spacial score (nSPS) is 20.9. The Kier molecular flexibility index (Phi) is 4.33. The van der Waals surface area contributed by atoms with Crippen molar-refractivity contribution in [2.24, 2.45) is 0 Å². The van der Waals surface area contributed by atoms with E-state index in [-0.39, 0.29) is 5.91 Å². The van der Waals surface area contributed by atoms with E-state index < -0.39 is 0 Å². The zero-order chi connectivity index (χ0) is 17.6. The van der Waals surface area contributed by atoms with Gasteiger partial charge in [0, 0.05) is 25.7 Å². The number of carbonyl (C=O) groups excluding carboxylic acids is 1. The van der Waals surface area contributed by atoms with Crippen LogP contribution in [0.1, 0.15) is 40.5 Å². The average Bonchev–Trinajstić information content (AvgIpc) is 3.31. The maximum atomic E-state index is 12.7. The Morgan fingerprint density at radius 1 is 1.32 bits per heavy atom. The molecule has 7 heteroatoms. The second kappa shape index (κ2) is 6.50. The highest BCUT2D eigenvalue weighted by Crippen LogP contribution is 2.24. The number of aromatic nitrogens is 2. The Bertz CT molecular complexity index is 797. The van der Waals surface area contributed by atoms with Gasteiger partial charge in [-0.05, 0) is 45.4 Å². The Labute approximate surface area is 152 Å². The number of piperazine rings is 1. The van der Waals surface area contributed by atoms with Crippen LogP contribution in [0, 0.1) is 13.8 Å². The van der Waals surface area contributed by atoms with E-state index in [1.165, 1.54) is 19.4 Å². The van der Waals surface area contributed by atoms with Gasteiger partial charge in [-0.15, -0.1) is 0 Å². The highest BCUT2D eigenvalue weighted by atomic mass is 35.5. The molecule has 0 unspecified atom stereocenters. The first-order valence-electron chi connectivity index (χ1n) is 8.84. The minimum absolute atomic E-state index is 0.01000. The van der Waals surface area contributed by atoms with Crippen LogP contribution in [-0.4, -0.2) is 57.7 Å². The van der Waals surface area contributed by atoms with Crippen LogP contribution in [0.25, 0.3) is 0 Å². The Morgan fingerprint density at radius 3 is 2.92 bits per heavy atom. The third-order valence-corrected chi connectivity index (χ3v) is 5.89. The Hall–Kier alpha value is -1.79. The fourth-order valence-corrected chi connectivity index (χ4v) is 4.02. The summed E-state index contributed by atoms with van der Waals surface area (Å²) in [5.74, 6) is 1.11. The summed E-state index contributed by atoms with van der Waals surface area (Å²) in [5, 5.41) is 5.09. The molecule has 2 fully saturated rings. The van der Waals surface area contributed by atoms with Crippen LogP contribution in [0.2, 0.25) is 5.02 Å². The maximum Gasteiger partial charge on any atom is 0.289 e. The molecule has 2 aromatic heterocycles. The van der Waals surface area contributed by atoms with Gasteiger partial charge in [-0.1, -0.05) is 11.6 Å². The van der Waals surface area contributed by atoms with Gasteiger partial charge in [0.05, 0.1) is 23.0 Å². The molecule has 2 aliphatic rings. The summed E-state index contributed by atoms with van der Waals surface area (Å²) in [4.78, 5) is 17.2. The summed E-state index contributed by atoms with van der Waals surface area (Å²) in [7, 11) is 0. The fraction of sp³-hybridized carbons (Fsp3) is 0.556. The third kappa shape index (κ3) is 3.09. The molecule has 1 amide bonds. The molecular weight excluding hydrogens is 340 g/mol. The largest absolute Gasteiger partial charge is 0.454 e. The van der Waals surface area contributed by atoms with Crippen LogP contribution in [0.5, 0.6) is 0 Å². The highest BCUT2D eigenvalue weighted by Gasteiger charge is 2.33. The highest BCUT2D eigenvalue weighted by molar-refractivity contribution is 6.31. The predicted octanol–water partition coefficient (Wildman–Crippen LogP) is 2.71. The van der Waals surface area contributed by atoms with Crippen molar-refractivity contribution in [1.82, 2.24) is 19.6 Å². The summed E-state index contributed by atoms with van der Waals surface area (Å²) in [5.41, 5.74) is 1.71. The Morgan fingerprint density at radius 2 is 2.16 bits per heavy atom. The number of nitrogens with zero attached hydrogens (tertiary/aromatic N) is 4. The van der Waals surface area contributed by atoms with Crippen molar-refractivity contribution in [2.45, 2.75) is 39.3 Å². The molecule has 0 aromatic carbocycles. The minimum Gasteiger partial charge on any atom is -0.454 e. The number of hydrogen-bond acceptors (Lipinski definition) is 4. The second-order valence-electron chi connectivity index (χ2n) is 6.99. The van der Waals surface area contributed by atoms with Crippen molar-refractivity contribution >= 4 is 17.5 Å². The molecule has 0 spiro atoms. The first-order valence-corrected chi connectivity index (χ1v) is 9.22. The smallest absolute Gasteiger partial charge is 0.289 e. The number of hydrogen-bond donors (Lipinski definition) is 0. The van der Waals surface area contributed by atoms with Crippen molar-refractivity contribution < 1.29 is 9.21 Å². The maximum absolute atomic E-state index is 12.7. The lowest BCUT2D eigenvalue weighted by Gasteiger charge is -2.37. The minimum atomic E-state index is -0.01000. The molecular formula is C18H23ClN4O2. The first-order chi connectivity index (χ1) is 12.0. The van der Waals surface area contributed by atoms with Gasteiger partial charge in [-0.25, -0.2) is 0 Å². The molecule has 6 nitrogen and oxygen atoms in total. The summed E-state index contributed by atoms with van der Waals surface area (Å²) in [6.45, 7) is 8.00. The van der Waals surface area contributed by atoms with Gasteiger partial charge in [-0.3, -0.25) is 14.4 Å². The first kappa shape index (κ1) is 16.7. The monoisotopic (exact) mass is 362 g/mol. The molecule has 0 saturated carbocycles. The van der Waals surface area contributed by atoms with Gasteiger partial charge < -0.3 is 9.32 Å². The van der Waals surface area contributed by atoms with Gasteiger partial charge in [0.2, 0.25) is 0 Å². The topological polar surface area (TPSA) is 54.5 Å². The molecule has 0 bridgehead atoms. The van der Waals surface area contributed by atoms with Crippen LogP contribution in [-0.2, 0) is 6.54 Å². The van der Waals surface area contributed by atoms with Crippen LogP contribution in [0.15, 0.2) is 16.5 Å². The zero-order valence-corrected chi connectivity index (χ0v) is 15.4. The number of carbonyl (C=O) groups is 1. The average molecular weight is 363 g/mol. The summed E-state index contributed by atoms with van der Waals surface area (Å²) in [6, 6.07) is 4.14. The molecule has 134 valence electrons. The van der Waals surface area contributed by atoms with Crippen LogP contribution >= 0.6 is 11.6 Å². The molecule has 25 heavy (non-hydrogen) atoms. The molecule has 0 aliphatic carbocycles. The van der Waals surface area contributed by atoms with E-state index in [1.807, 2.05) is 29.5 Å². The summed E-state index contributed by atoms with van der Waals surface area (Å²) < 4.78 is 7.62. The molecule has 4 heterocycles. The second-order valence-corrected chi connectivity index (χ2v) is 7.37. The van der Waals surface area contributed by atoms with Crippen molar-refractivity contribution in [3.8, 4) is 0 Å². The number of halogens is 1. The molecule has 1 atom stereocenters. The van der Waals surface area contributed by atoms with E-state index in [0.717, 1.165) is 31.0 Å². The Balaban J connectivity index is 1.45. The molecule has 2 saturated heterocycles. The zero-order valence-electron chi connectivity index (χ0n) is 14.7. The van der Waals surface area contributed by atoms with Crippen LogP contribution in [0.4, 0.5) is 0 Å². The van der Waals surface area contributed by atoms with E-state index in [9.17, 15) is 4.79 Å². The third-order valence-electron chi connectivity index (χ3n) is 5.35. The standard InChI is InChI=1S/C18H23ClN4O2/c1-12-17(19)13(2)23(20-12)11-15-5-6-16(25-15)18(24)22-9-8-21-7-3-4-14(21)10-22/h5-6,14H,3-4,7-11H2,1-2H3/t14-/m1/s1. The van der Waals surface area contributed by atoms with Gasteiger partial charge >= 0.3 is 0 Å². The summed E-state index contributed by atoms with van der Waals surface area (Å²) >= 11 is 6.19. The van der Waals surface area contributed by atoms with E-state index in [0.29, 0.717) is 29.1 Å². The number of aryl methyl sites for hydroxylation is 1. The van der Waals surface area contributed by atoms with Crippen molar-refractivity contribution in [3.63, 3.8) is 0 Å². The lowest BCUT2D eigenvalue weighted by molar-refractivity contribution is 0.0540. The van der Waals surface area contributed by atoms with E-state index in [2.05, 4.69) is 10.00 Å². The molecule has 2 aromatic rings. The quantitative estimate of drug-likeness (QED) is 0.842. The fourth-order valence-electron chi connectivity index (χ4n) is 3.89. The predicted molar refractivity (Wildman–Crippen MR) is 95.0 cm³/mol.